The van der Waals surface area contributed by atoms with Gasteiger partial charge >= 0.3 is 0 Å². The maximum Gasteiger partial charge on any atom is 0.227 e. The maximum absolute atomic E-state index is 6.56. The minimum atomic E-state index is 0.472. The molecule has 2 aromatic heterocycles. The van der Waals surface area contributed by atoms with Crippen molar-refractivity contribution < 1.29 is 0 Å². The predicted molar refractivity (Wildman–Crippen MR) is 113 cm³/mol. The number of hydrogen-bond donors (Lipinski definition) is 2. The lowest BCUT2D eigenvalue weighted by Gasteiger charge is -2.24. The van der Waals surface area contributed by atoms with E-state index < -0.39 is 0 Å². The number of nitrogens with one attached hydrogen (secondary N) is 2. The molecule has 0 spiro atoms. The van der Waals surface area contributed by atoms with Crippen LogP contribution in [0.2, 0.25) is 10.2 Å². The minimum absolute atomic E-state index is 0.472. The van der Waals surface area contributed by atoms with Crippen molar-refractivity contribution in [3.8, 4) is 0 Å². The fraction of sp³-hybridized carbons (Fsp3) is 0.450. The van der Waals surface area contributed by atoms with E-state index in [-0.39, 0.29) is 0 Å². The number of benzene rings is 1. The monoisotopic (exact) mass is 416 g/mol. The number of fused-ring (bicyclic) bond motifs is 1. The SMILES string of the molecule is Clc1cc2cnc(Nc3cnn(CC4CC4)c3Cl)nc2cc1C1CCNCC1. The molecule has 6 nitrogen and oxygen atoms in total. The summed E-state index contributed by atoms with van der Waals surface area (Å²) >= 11 is 13.0. The Bertz CT molecular complexity index is 1010. The Hall–Kier alpha value is -1.89. The Morgan fingerprint density at radius 3 is 2.71 bits per heavy atom. The Kier molecular flexibility index (Phi) is 4.87. The van der Waals surface area contributed by atoms with Gasteiger partial charge in [0.15, 0.2) is 5.15 Å². The minimum Gasteiger partial charge on any atom is -0.320 e. The van der Waals surface area contributed by atoms with Crippen molar-refractivity contribution in [2.24, 2.45) is 5.92 Å². The van der Waals surface area contributed by atoms with Crippen LogP contribution >= 0.6 is 23.2 Å². The average molecular weight is 417 g/mol. The van der Waals surface area contributed by atoms with Gasteiger partial charge < -0.3 is 10.6 Å². The van der Waals surface area contributed by atoms with Crippen LogP contribution in [0, 0.1) is 5.92 Å². The summed E-state index contributed by atoms with van der Waals surface area (Å²) < 4.78 is 1.84. The van der Waals surface area contributed by atoms with Gasteiger partial charge in [-0.25, -0.2) is 9.97 Å². The normalized spacial score (nSPS) is 17.9. The molecule has 2 aliphatic rings. The summed E-state index contributed by atoms with van der Waals surface area (Å²) in [6.45, 7) is 2.93. The summed E-state index contributed by atoms with van der Waals surface area (Å²) in [4.78, 5) is 9.12. The molecule has 1 aliphatic carbocycles. The highest BCUT2D eigenvalue weighted by Crippen LogP contribution is 2.35. The largest absolute Gasteiger partial charge is 0.320 e. The summed E-state index contributed by atoms with van der Waals surface area (Å²) in [5.41, 5.74) is 2.79. The molecule has 0 atom stereocenters. The molecule has 3 heterocycles. The van der Waals surface area contributed by atoms with Crippen molar-refractivity contribution >= 4 is 45.7 Å². The summed E-state index contributed by atoms with van der Waals surface area (Å²) in [7, 11) is 0. The van der Waals surface area contributed by atoms with Crippen molar-refractivity contribution in [2.75, 3.05) is 18.4 Å². The molecule has 146 valence electrons. The second-order valence-corrected chi connectivity index (χ2v) is 8.52. The molecule has 1 aromatic carbocycles. The highest BCUT2D eigenvalue weighted by Gasteiger charge is 2.24. The number of aromatic nitrogens is 4. The first-order chi connectivity index (χ1) is 13.7. The Morgan fingerprint density at radius 1 is 1.11 bits per heavy atom. The molecule has 1 saturated carbocycles. The third-order valence-electron chi connectivity index (χ3n) is 5.63. The van der Waals surface area contributed by atoms with Crippen LogP contribution in [0.5, 0.6) is 0 Å². The first-order valence-electron chi connectivity index (χ1n) is 9.82. The van der Waals surface area contributed by atoms with Gasteiger partial charge in [0.25, 0.3) is 0 Å². The fourth-order valence-electron chi connectivity index (χ4n) is 3.82. The number of halogens is 2. The van der Waals surface area contributed by atoms with Gasteiger partial charge in [-0.2, -0.15) is 5.10 Å². The standard InChI is InChI=1S/C20H22Cl2N6/c21-16-7-14-9-24-20(26-17(14)8-15(16)13-3-5-23-6-4-13)27-18-10-25-28(19(18)22)11-12-1-2-12/h7-10,12-13,23H,1-6,11H2,(H,24,26,27). The van der Waals surface area contributed by atoms with Gasteiger partial charge in [0.1, 0.15) is 0 Å². The fourth-order valence-corrected chi connectivity index (χ4v) is 4.36. The van der Waals surface area contributed by atoms with Crippen LogP contribution in [0.15, 0.2) is 24.5 Å². The van der Waals surface area contributed by atoms with Crippen LogP contribution in [0.4, 0.5) is 11.6 Å². The van der Waals surface area contributed by atoms with Gasteiger partial charge in [0.05, 0.1) is 17.4 Å². The molecule has 8 heteroatoms. The van der Waals surface area contributed by atoms with E-state index in [0.29, 0.717) is 22.9 Å². The smallest absolute Gasteiger partial charge is 0.227 e. The van der Waals surface area contributed by atoms with E-state index in [4.69, 9.17) is 28.2 Å². The lowest BCUT2D eigenvalue weighted by atomic mass is 9.89. The number of anilines is 2. The third kappa shape index (κ3) is 3.69. The van der Waals surface area contributed by atoms with Crippen molar-refractivity contribution in [1.82, 2.24) is 25.1 Å². The number of nitrogens with zero attached hydrogens (tertiary/aromatic N) is 4. The van der Waals surface area contributed by atoms with E-state index in [1.54, 1.807) is 12.4 Å². The summed E-state index contributed by atoms with van der Waals surface area (Å²) in [6.07, 6.45) is 8.24. The summed E-state index contributed by atoms with van der Waals surface area (Å²) in [6, 6.07) is 4.08. The van der Waals surface area contributed by atoms with Gasteiger partial charge in [0, 0.05) is 23.2 Å². The van der Waals surface area contributed by atoms with Crippen LogP contribution in [0.1, 0.15) is 37.2 Å². The lowest BCUT2D eigenvalue weighted by molar-refractivity contribution is 0.461. The molecule has 1 aliphatic heterocycles. The van der Waals surface area contributed by atoms with E-state index in [0.717, 1.165) is 54.1 Å². The topological polar surface area (TPSA) is 67.7 Å². The van der Waals surface area contributed by atoms with Crippen LogP contribution in [-0.4, -0.2) is 32.8 Å². The number of hydrogen-bond acceptors (Lipinski definition) is 5. The van der Waals surface area contributed by atoms with E-state index in [2.05, 4.69) is 26.8 Å². The lowest BCUT2D eigenvalue weighted by Crippen LogP contribution is -2.26. The first-order valence-corrected chi connectivity index (χ1v) is 10.6. The molecule has 0 radical (unpaired) electrons. The highest BCUT2D eigenvalue weighted by molar-refractivity contribution is 6.32. The van der Waals surface area contributed by atoms with E-state index in [1.807, 2.05) is 10.7 Å². The van der Waals surface area contributed by atoms with Gasteiger partial charge in [-0.1, -0.05) is 23.2 Å². The second-order valence-electron chi connectivity index (χ2n) is 7.75. The van der Waals surface area contributed by atoms with E-state index >= 15 is 0 Å². The van der Waals surface area contributed by atoms with Crippen molar-refractivity contribution in [3.63, 3.8) is 0 Å². The van der Waals surface area contributed by atoms with Gasteiger partial charge in [-0.3, -0.25) is 4.68 Å². The molecule has 0 bridgehead atoms. The molecule has 1 saturated heterocycles. The Balaban J connectivity index is 1.42. The zero-order valence-corrected chi connectivity index (χ0v) is 17.0. The molecule has 5 rings (SSSR count). The molecule has 0 unspecified atom stereocenters. The summed E-state index contributed by atoms with van der Waals surface area (Å²) in [5.74, 6) is 1.69. The molecule has 28 heavy (non-hydrogen) atoms. The summed E-state index contributed by atoms with van der Waals surface area (Å²) in [5, 5.41) is 13.3. The van der Waals surface area contributed by atoms with Gasteiger partial charge in [-0.15, -0.1) is 0 Å². The Labute approximate surface area is 173 Å². The van der Waals surface area contributed by atoms with E-state index in [1.165, 1.54) is 18.4 Å². The van der Waals surface area contributed by atoms with Crippen molar-refractivity contribution in [2.45, 2.75) is 38.1 Å². The predicted octanol–water partition coefficient (Wildman–Crippen LogP) is 4.75. The highest BCUT2D eigenvalue weighted by atomic mass is 35.5. The van der Waals surface area contributed by atoms with Crippen LogP contribution in [0.3, 0.4) is 0 Å². The second kappa shape index (κ2) is 7.50. The van der Waals surface area contributed by atoms with Crippen LogP contribution in [-0.2, 0) is 6.54 Å². The van der Waals surface area contributed by atoms with E-state index in [9.17, 15) is 0 Å². The zero-order chi connectivity index (χ0) is 19.1. The molecule has 2 fully saturated rings. The third-order valence-corrected chi connectivity index (χ3v) is 6.35. The van der Waals surface area contributed by atoms with Crippen molar-refractivity contribution in [3.05, 3.63) is 40.3 Å². The number of rotatable bonds is 5. The molecular weight excluding hydrogens is 395 g/mol. The van der Waals surface area contributed by atoms with Crippen molar-refractivity contribution in [1.29, 1.82) is 0 Å². The van der Waals surface area contributed by atoms with Gasteiger partial charge in [-0.05, 0) is 68.3 Å². The first kappa shape index (κ1) is 18.2. The average Bonchev–Trinajstić information content (AvgIpc) is 3.47. The quantitative estimate of drug-likeness (QED) is 0.627. The number of piperidine rings is 1. The zero-order valence-electron chi connectivity index (χ0n) is 15.5. The maximum atomic E-state index is 6.56. The van der Waals surface area contributed by atoms with Crippen LogP contribution in [0.25, 0.3) is 10.9 Å². The van der Waals surface area contributed by atoms with Gasteiger partial charge in [0.2, 0.25) is 5.95 Å². The molecule has 3 aromatic rings. The molecule has 2 N–H and O–H groups in total. The molecule has 0 amide bonds. The Morgan fingerprint density at radius 2 is 1.93 bits per heavy atom. The van der Waals surface area contributed by atoms with Crippen LogP contribution < -0.4 is 10.6 Å². The molecular formula is C20H22Cl2N6.